The predicted octanol–water partition coefficient (Wildman–Crippen LogP) is 3.97. The van der Waals surface area contributed by atoms with Gasteiger partial charge in [-0.3, -0.25) is 4.90 Å². The van der Waals surface area contributed by atoms with Crippen LogP contribution in [0.1, 0.15) is 16.7 Å². The molecular weight excluding hydrogens is 300 g/mol. The van der Waals surface area contributed by atoms with Crippen LogP contribution in [0, 0.1) is 6.92 Å². The summed E-state index contributed by atoms with van der Waals surface area (Å²) in [5.74, 6) is 0. The Balaban J connectivity index is 2.01. The summed E-state index contributed by atoms with van der Waals surface area (Å²) in [6.07, 6.45) is 0. The lowest BCUT2D eigenvalue weighted by molar-refractivity contribution is 0.318. The number of anilines is 1. The van der Waals surface area contributed by atoms with Gasteiger partial charge in [-0.1, -0.05) is 51.8 Å². The first kappa shape index (κ1) is 14.1. The number of benzene rings is 2. The molecule has 2 N–H and O–H groups in total. The van der Waals surface area contributed by atoms with Crippen LogP contribution in [0.3, 0.4) is 0 Å². The second-order valence-electron chi connectivity index (χ2n) is 5.01. The molecule has 0 aliphatic carbocycles. The van der Waals surface area contributed by atoms with Gasteiger partial charge in [0.25, 0.3) is 0 Å². The van der Waals surface area contributed by atoms with Gasteiger partial charge in [-0.15, -0.1) is 0 Å². The minimum atomic E-state index is 0.789. The Hall–Kier alpha value is -1.32. The van der Waals surface area contributed by atoms with Gasteiger partial charge in [-0.05, 0) is 37.2 Å². The molecule has 0 atom stereocenters. The zero-order valence-corrected chi connectivity index (χ0v) is 12.9. The van der Waals surface area contributed by atoms with Gasteiger partial charge in [0.15, 0.2) is 0 Å². The number of hydrogen-bond acceptors (Lipinski definition) is 2. The fourth-order valence-corrected chi connectivity index (χ4v) is 2.57. The van der Waals surface area contributed by atoms with Gasteiger partial charge in [0, 0.05) is 23.2 Å². The van der Waals surface area contributed by atoms with Crippen LogP contribution in [-0.2, 0) is 13.1 Å². The zero-order chi connectivity index (χ0) is 13.8. The van der Waals surface area contributed by atoms with Crippen molar-refractivity contribution in [3.63, 3.8) is 0 Å². The van der Waals surface area contributed by atoms with Crippen LogP contribution in [0.5, 0.6) is 0 Å². The highest BCUT2D eigenvalue weighted by molar-refractivity contribution is 9.10. The van der Waals surface area contributed by atoms with Crippen molar-refractivity contribution in [2.24, 2.45) is 0 Å². The molecule has 0 aliphatic rings. The van der Waals surface area contributed by atoms with E-state index in [2.05, 4.69) is 65.1 Å². The first-order valence-electron chi connectivity index (χ1n) is 6.32. The lowest BCUT2D eigenvalue weighted by atomic mass is 10.1. The number of halogens is 1. The summed E-state index contributed by atoms with van der Waals surface area (Å²) < 4.78 is 1.07. The van der Waals surface area contributed by atoms with Crippen LogP contribution in [0.2, 0.25) is 0 Å². The van der Waals surface area contributed by atoms with E-state index in [0.717, 1.165) is 23.2 Å². The number of hydrogen-bond donors (Lipinski definition) is 1. The third-order valence-corrected chi connectivity index (χ3v) is 3.83. The second-order valence-corrected chi connectivity index (χ2v) is 5.86. The minimum Gasteiger partial charge on any atom is -0.399 e. The molecule has 2 aromatic rings. The average Bonchev–Trinajstić information content (AvgIpc) is 2.36. The van der Waals surface area contributed by atoms with Crippen LogP contribution in [0.25, 0.3) is 0 Å². The van der Waals surface area contributed by atoms with E-state index in [-0.39, 0.29) is 0 Å². The van der Waals surface area contributed by atoms with Gasteiger partial charge in [0.1, 0.15) is 0 Å². The van der Waals surface area contributed by atoms with Crippen molar-refractivity contribution in [1.82, 2.24) is 4.90 Å². The molecule has 0 aromatic heterocycles. The number of aryl methyl sites for hydroxylation is 1. The molecule has 0 aliphatic heterocycles. The van der Waals surface area contributed by atoms with Gasteiger partial charge in [-0.25, -0.2) is 0 Å². The van der Waals surface area contributed by atoms with Crippen molar-refractivity contribution >= 4 is 21.6 Å². The number of nitrogens with zero attached hydrogens (tertiary/aromatic N) is 1. The summed E-state index contributed by atoms with van der Waals surface area (Å²) in [7, 11) is 2.13. The van der Waals surface area contributed by atoms with Crippen LogP contribution >= 0.6 is 15.9 Å². The van der Waals surface area contributed by atoms with E-state index in [9.17, 15) is 0 Å². The first-order chi connectivity index (χ1) is 9.04. The topological polar surface area (TPSA) is 29.3 Å². The van der Waals surface area contributed by atoms with E-state index in [0.29, 0.717) is 0 Å². The molecule has 2 aromatic carbocycles. The molecule has 0 saturated heterocycles. The molecule has 0 spiro atoms. The number of nitrogen functional groups attached to an aromatic ring is 1. The first-order valence-corrected chi connectivity index (χ1v) is 7.12. The Labute approximate surface area is 123 Å². The van der Waals surface area contributed by atoms with Crippen molar-refractivity contribution in [1.29, 1.82) is 0 Å². The smallest absolute Gasteiger partial charge is 0.0325 e. The van der Waals surface area contributed by atoms with E-state index in [1.807, 2.05) is 12.1 Å². The third-order valence-electron chi connectivity index (χ3n) is 3.09. The maximum atomic E-state index is 5.75. The van der Waals surface area contributed by atoms with Gasteiger partial charge < -0.3 is 5.73 Å². The summed E-state index contributed by atoms with van der Waals surface area (Å²) in [5.41, 5.74) is 10.4. The normalized spacial score (nSPS) is 10.9. The molecule has 0 amide bonds. The second kappa shape index (κ2) is 6.22. The third kappa shape index (κ3) is 4.08. The van der Waals surface area contributed by atoms with E-state index in [1.54, 1.807) is 0 Å². The molecule has 19 heavy (non-hydrogen) atoms. The zero-order valence-electron chi connectivity index (χ0n) is 11.4. The Morgan fingerprint density at radius 3 is 2.37 bits per heavy atom. The summed E-state index contributed by atoms with van der Waals surface area (Å²) in [6.45, 7) is 3.95. The van der Waals surface area contributed by atoms with Crippen molar-refractivity contribution < 1.29 is 0 Å². The van der Waals surface area contributed by atoms with Crippen LogP contribution in [0.4, 0.5) is 5.69 Å². The minimum absolute atomic E-state index is 0.789. The Kier molecular flexibility index (Phi) is 4.61. The molecule has 0 fully saturated rings. The number of rotatable bonds is 4. The SMILES string of the molecule is Cc1ccc(CN(C)Cc2ccc(N)cc2Br)cc1. The van der Waals surface area contributed by atoms with Crippen LogP contribution < -0.4 is 5.73 Å². The average molecular weight is 319 g/mol. The van der Waals surface area contributed by atoms with Gasteiger partial charge in [0.2, 0.25) is 0 Å². The predicted molar refractivity (Wildman–Crippen MR) is 84.9 cm³/mol. The van der Waals surface area contributed by atoms with Crippen LogP contribution in [0.15, 0.2) is 46.9 Å². The fourth-order valence-electron chi connectivity index (χ4n) is 2.04. The fraction of sp³-hybridized carbons (Fsp3) is 0.250. The molecular formula is C16H19BrN2. The molecule has 2 nitrogen and oxygen atoms in total. The maximum Gasteiger partial charge on any atom is 0.0325 e. The maximum absolute atomic E-state index is 5.75. The highest BCUT2D eigenvalue weighted by Crippen LogP contribution is 2.21. The number of nitrogens with two attached hydrogens (primary N) is 1. The highest BCUT2D eigenvalue weighted by Gasteiger charge is 2.05. The van der Waals surface area contributed by atoms with Crippen molar-refractivity contribution in [3.05, 3.63) is 63.6 Å². The van der Waals surface area contributed by atoms with E-state index in [1.165, 1.54) is 16.7 Å². The standard InChI is InChI=1S/C16H19BrN2/c1-12-3-5-13(6-4-12)10-19(2)11-14-7-8-15(18)9-16(14)17/h3-9H,10-11,18H2,1-2H3. The summed E-state index contributed by atoms with van der Waals surface area (Å²) in [4.78, 5) is 2.29. The molecule has 0 radical (unpaired) electrons. The lowest BCUT2D eigenvalue weighted by Crippen LogP contribution is -2.17. The molecule has 2 rings (SSSR count). The Morgan fingerprint density at radius 1 is 1.05 bits per heavy atom. The Bertz CT molecular complexity index is 549. The van der Waals surface area contributed by atoms with Gasteiger partial charge >= 0.3 is 0 Å². The van der Waals surface area contributed by atoms with E-state index < -0.39 is 0 Å². The largest absolute Gasteiger partial charge is 0.399 e. The monoisotopic (exact) mass is 318 g/mol. The molecule has 100 valence electrons. The van der Waals surface area contributed by atoms with Crippen molar-refractivity contribution in [2.45, 2.75) is 20.0 Å². The van der Waals surface area contributed by atoms with Gasteiger partial charge in [-0.2, -0.15) is 0 Å². The molecule has 0 bridgehead atoms. The van der Waals surface area contributed by atoms with E-state index >= 15 is 0 Å². The Morgan fingerprint density at radius 2 is 1.74 bits per heavy atom. The molecule has 0 heterocycles. The van der Waals surface area contributed by atoms with Gasteiger partial charge in [0.05, 0.1) is 0 Å². The molecule has 3 heteroatoms. The molecule has 0 unspecified atom stereocenters. The van der Waals surface area contributed by atoms with Crippen LogP contribution in [-0.4, -0.2) is 11.9 Å². The summed E-state index contributed by atoms with van der Waals surface area (Å²) >= 11 is 3.56. The summed E-state index contributed by atoms with van der Waals surface area (Å²) in [5, 5.41) is 0. The van der Waals surface area contributed by atoms with Crippen molar-refractivity contribution in [2.75, 3.05) is 12.8 Å². The van der Waals surface area contributed by atoms with Crippen molar-refractivity contribution in [3.8, 4) is 0 Å². The van der Waals surface area contributed by atoms with E-state index in [4.69, 9.17) is 5.73 Å². The summed E-state index contributed by atoms with van der Waals surface area (Å²) in [6, 6.07) is 14.7. The quantitative estimate of drug-likeness (QED) is 0.864. The molecule has 0 saturated carbocycles. The lowest BCUT2D eigenvalue weighted by Gasteiger charge is -2.18. The highest BCUT2D eigenvalue weighted by atomic mass is 79.9.